The first-order chi connectivity index (χ1) is 11.6. The van der Waals surface area contributed by atoms with Crippen LogP contribution in [0, 0.1) is 0 Å². The first-order valence-corrected chi connectivity index (χ1v) is 8.96. The number of nitrogens with zero attached hydrogens (tertiary/aromatic N) is 2. The largest absolute Gasteiger partial charge is 0.385 e. The molecule has 0 bridgehead atoms. The normalized spacial score (nSPS) is 21.8. The van der Waals surface area contributed by atoms with Gasteiger partial charge in [-0.1, -0.05) is 17.7 Å². The van der Waals surface area contributed by atoms with E-state index in [0.717, 1.165) is 18.4 Å². The SMILES string of the molecule is CC(NC(=O)N1CCC(O)(c2cccnc2)CC1)C1=CCCCC1. The first kappa shape index (κ1) is 17.0. The molecule has 3 rings (SSSR count). The number of carbonyl (C=O) groups is 1. The van der Waals surface area contributed by atoms with E-state index in [9.17, 15) is 9.90 Å². The second-order valence-corrected chi connectivity index (χ2v) is 6.96. The fourth-order valence-corrected chi connectivity index (χ4v) is 3.63. The molecule has 1 aliphatic carbocycles. The Labute approximate surface area is 143 Å². The van der Waals surface area contributed by atoms with Crippen LogP contribution >= 0.6 is 0 Å². The first-order valence-electron chi connectivity index (χ1n) is 8.96. The average Bonchev–Trinajstić information content (AvgIpc) is 2.63. The van der Waals surface area contributed by atoms with Crippen LogP contribution in [-0.2, 0) is 5.60 Å². The third-order valence-corrected chi connectivity index (χ3v) is 5.30. The van der Waals surface area contributed by atoms with Gasteiger partial charge < -0.3 is 15.3 Å². The van der Waals surface area contributed by atoms with E-state index in [1.807, 2.05) is 17.0 Å². The highest BCUT2D eigenvalue weighted by Crippen LogP contribution is 2.32. The number of urea groups is 1. The Morgan fingerprint density at radius 1 is 1.38 bits per heavy atom. The molecular weight excluding hydrogens is 302 g/mol. The minimum Gasteiger partial charge on any atom is -0.385 e. The Morgan fingerprint density at radius 3 is 2.79 bits per heavy atom. The number of amides is 2. The zero-order valence-electron chi connectivity index (χ0n) is 14.4. The summed E-state index contributed by atoms with van der Waals surface area (Å²) < 4.78 is 0. The molecule has 1 unspecified atom stereocenters. The van der Waals surface area contributed by atoms with E-state index in [1.165, 1.54) is 18.4 Å². The number of likely N-dealkylation sites (tertiary alicyclic amines) is 1. The van der Waals surface area contributed by atoms with Crippen LogP contribution in [-0.4, -0.2) is 40.2 Å². The summed E-state index contributed by atoms with van der Waals surface area (Å²) in [5.41, 5.74) is 1.31. The third-order valence-electron chi connectivity index (χ3n) is 5.30. The van der Waals surface area contributed by atoms with Gasteiger partial charge in [-0.05, 0) is 51.5 Å². The van der Waals surface area contributed by atoms with Crippen molar-refractivity contribution in [3.05, 3.63) is 41.7 Å². The molecule has 1 aromatic heterocycles. The molecule has 2 aliphatic rings. The number of aliphatic hydroxyl groups is 1. The molecule has 2 amide bonds. The molecule has 1 saturated heterocycles. The van der Waals surface area contributed by atoms with Gasteiger partial charge in [0.15, 0.2) is 0 Å². The van der Waals surface area contributed by atoms with Crippen LogP contribution in [0.5, 0.6) is 0 Å². The summed E-state index contributed by atoms with van der Waals surface area (Å²) in [7, 11) is 0. The molecule has 130 valence electrons. The topological polar surface area (TPSA) is 65.5 Å². The summed E-state index contributed by atoms with van der Waals surface area (Å²) in [6, 6.07) is 3.81. The lowest BCUT2D eigenvalue weighted by atomic mass is 9.85. The number of rotatable bonds is 3. The molecule has 5 heteroatoms. The standard InChI is InChI=1S/C19H27N3O2/c1-15(16-6-3-2-4-7-16)21-18(23)22-12-9-19(24,10-13-22)17-8-5-11-20-14-17/h5-6,8,11,14-15,24H,2-4,7,9-10,12-13H2,1H3,(H,21,23). The van der Waals surface area contributed by atoms with Crippen LogP contribution in [0.3, 0.4) is 0 Å². The number of hydrogen-bond acceptors (Lipinski definition) is 3. The predicted octanol–water partition coefficient (Wildman–Crippen LogP) is 2.96. The lowest BCUT2D eigenvalue weighted by molar-refractivity contribution is -0.0171. The molecule has 2 heterocycles. The number of allylic oxidation sites excluding steroid dienone is 1. The van der Waals surface area contributed by atoms with Gasteiger partial charge in [-0.3, -0.25) is 4.98 Å². The van der Waals surface area contributed by atoms with Crippen molar-refractivity contribution in [2.24, 2.45) is 0 Å². The average molecular weight is 329 g/mol. The molecule has 0 spiro atoms. The highest BCUT2D eigenvalue weighted by Gasteiger charge is 2.35. The van der Waals surface area contributed by atoms with E-state index in [4.69, 9.17) is 0 Å². The lowest BCUT2D eigenvalue weighted by Crippen LogP contribution is -2.50. The Bertz CT molecular complexity index is 592. The number of aromatic nitrogens is 1. The molecule has 1 atom stereocenters. The summed E-state index contributed by atoms with van der Waals surface area (Å²) in [6.07, 6.45) is 11.5. The summed E-state index contributed by atoms with van der Waals surface area (Å²) in [4.78, 5) is 18.4. The number of pyridine rings is 1. The van der Waals surface area contributed by atoms with Crippen molar-refractivity contribution in [2.45, 2.75) is 57.1 Å². The fourth-order valence-electron chi connectivity index (χ4n) is 3.63. The van der Waals surface area contributed by atoms with Crippen molar-refractivity contribution < 1.29 is 9.90 Å². The molecule has 2 N–H and O–H groups in total. The van der Waals surface area contributed by atoms with Crippen molar-refractivity contribution in [3.8, 4) is 0 Å². The van der Waals surface area contributed by atoms with Gasteiger partial charge in [-0.2, -0.15) is 0 Å². The van der Waals surface area contributed by atoms with Gasteiger partial charge in [0.05, 0.1) is 5.60 Å². The van der Waals surface area contributed by atoms with Gasteiger partial charge in [0.2, 0.25) is 0 Å². The van der Waals surface area contributed by atoms with Crippen molar-refractivity contribution >= 4 is 6.03 Å². The van der Waals surface area contributed by atoms with Gasteiger partial charge in [-0.15, -0.1) is 0 Å². The van der Waals surface area contributed by atoms with E-state index in [-0.39, 0.29) is 12.1 Å². The molecule has 24 heavy (non-hydrogen) atoms. The molecular formula is C19H27N3O2. The zero-order valence-corrected chi connectivity index (χ0v) is 14.4. The number of piperidine rings is 1. The molecule has 0 radical (unpaired) electrons. The van der Waals surface area contributed by atoms with E-state index in [0.29, 0.717) is 25.9 Å². The van der Waals surface area contributed by atoms with E-state index < -0.39 is 5.60 Å². The molecule has 5 nitrogen and oxygen atoms in total. The highest BCUT2D eigenvalue weighted by molar-refractivity contribution is 5.75. The smallest absolute Gasteiger partial charge is 0.317 e. The second kappa shape index (κ2) is 7.34. The monoisotopic (exact) mass is 329 g/mol. The fraction of sp³-hybridized carbons (Fsp3) is 0.579. The van der Waals surface area contributed by atoms with Crippen LogP contribution in [0.1, 0.15) is 51.0 Å². The van der Waals surface area contributed by atoms with E-state index in [1.54, 1.807) is 12.4 Å². The molecule has 1 fully saturated rings. The molecule has 1 aliphatic heterocycles. The molecule has 0 aromatic carbocycles. The Hall–Kier alpha value is -1.88. The summed E-state index contributed by atoms with van der Waals surface area (Å²) in [5.74, 6) is 0. The van der Waals surface area contributed by atoms with Crippen LogP contribution < -0.4 is 5.32 Å². The van der Waals surface area contributed by atoms with Gasteiger partial charge in [0.1, 0.15) is 0 Å². The van der Waals surface area contributed by atoms with E-state index >= 15 is 0 Å². The molecule has 0 saturated carbocycles. The van der Waals surface area contributed by atoms with Gasteiger partial charge in [-0.25, -0.2) is 4.79 Å². The third kappa shape index (κ3) is 3.78. The van der Waals surface area contributed by atoms with Crippen molar-refractivity contribution in [3.63, 3.8) is 0 Å². The Morgan fingerprint density at radius 2 is 2.17 bits per heavy atom. The van der Waals surface area contributed by atoms with Crippen LogP contribution in [0.15, 0.2) is 36.2 Å². The van der Waals surface area contributed by atoms with Crippen LogP contribution in [0.25, 0.3) is 0 Å². The highest BCUT2D eigenvalue weighted by atomic mass is 16.3. The molecule has 1 aromatic rings. The quantitative estimate of drug-likeness (QED) is 0.838. The maximum atomic E-state index is 12.5. The predicted molar refractivity (Wildman–Crippen MR) is 93.5 cm³/mol. The maximum absolute atomic E-state index is 12.5. The summed E-state index contributed by atoms with van der Waals surface area (Å²) in [6.45, 7) is 3.18. The van der Waals surface area contributed by atoms with Gasteiger partial charge in [0, 0.05) is 37.1 Å². The number of nitrogens with one attached hydrogen (secondary N) is 1. The van der Waals surface area contributed by atoms with Gasteiger partial charge >= 0.3 is 6.03 Å². The zero-order chi connectivity index (χ0) is 17.0. The van der Waals surface area contributed by atoms with Crippen molar-refractivity contribution in [1.82, 2.24) is 15.2 Å². The second-order valence-electron chi connectivity index (χ2n) is 6.96. The van der Waals surface area contributed by atoms with Crippen molar-refractivity contribution in [2.75, 3.05) is 13.1 Å². The number of carbonyl (C=O) groups excluding carboxylic acids is 1. The summed E-state index contributed by atoms with van der Waals surface area (Å²) in [5, 5.41) is 13.9. The Kier molecular flexibility index (Phi) is 5.19. The lowest BCUT2D eigenvalue weighted by Gasteiger charge is -2.38. The minimum absolute atomic E-state index is 0.0257. The van der Waals surface area contributed by atoms with Crippen molar-refractivity contribution in [1.29, 1.82) is 0 Å². The Balaban J connectivity index is 1.54. The maximum Gasteiger partial charge on any atom is 0.317 e. The summed E-state index contributed by atoms with van der Waals surface area (Å²) >= 11 is 0. The van der Waals surface area contributed by atoms with Crippen LogP contribution in [0.4, 0.5) is 4.79 Å². The number of hydrogen-bond donors (Lipinski definition) is 2. The van der Waals surface area contributed by atoms with Gasteiger partial charge in [0.25, 0.3) is 0 Å². The van der Waals surface area contributed by atoms with Crippen LogP contribution in [0.2, 0.25) is 0 Å². The minimum atomic E-state index is -0.872. The van der Waals surface area contributed by atoms with E-state index in [2.05, 4.69) is 23.3 Å².